The number of fused-ring (bicyclic) bond motifs is 1. The Hall–Kier alpha value is -2.86. The number of carbonyl (C=O) groups excluding carboxylic acids is 1. The van der Waals surface area contributed by atoms with Crippen molar-refractivity contribution in [2.24, 2.45) is 0 Å². The number of aromatic nitrogens is 2. The molecule has 3 aromatic rings. The first-order chi connectivity index (χ1) is 15.5. The van der Waals surface area contributed by atoms with Gasteiger partial charge in [0.1, 0.15) is 0 Å². The molecule has 0 aliphatic heterocycles. The Balaban J connectivity index is 1.53. The van der Waals surface area contributed by atoms with Crippen molar-refractivity contribution in [3.05, 3.63) is 75.6 Å². The summed E-state index contributed by atoms with van der Waals surface area (Å²) in [6.07, 6.45) is 7.86. The second kappa shape index (κ2) is 10.2. The van der Waals surface area contributed by atoms with Crippen molar-refractivity contribution in [3.63, 3.8) is 0 Å². The van der Waals surface area contributed by atoms with E-state index < -0.39 is 0 Å². The lowest BCUT2D eigenvalue weighted by atomic mass is 9.97. The Morgan fingerprint density at radius 3 is 2.66 bits per heavy atom. The number of anilines is 1. The molecule has 6 heteroatoms. The number of hydrogen-bond donors (Lipinski definition) is 1. The number of para-hydroxylation sites is 1. The van der Waals surface area contributed by atoms with Gasteiger partial charge in [-0.2, -0.15) is 0 Å². The number of aryl methyl sites for hydroxylation is 2. The van der Waals surface area contributed by atoms with Gasteiger partial charge in [0, 0.05) is 12.2 Å². The molecule has 0 unspecified atom stereocenters. The van der Waals surface area contributed by atoms with Crippen LogP contribution < -0.4 is 10.9 Å². The van der Waals surface area contributed by atoms with Gasteiger partial charge in [-0.15, -0.1) is 0 Å². The predicted octanol–water partition coefficient (Wildman–Crippen LogP) is 5.63. The molecule has 2 aromatic carbocycles. The third-order valence-corrected chi connectivity index (χ3v) is 6.68. The summed E-state index contributed by atoms with van der Waals surface area (Å²) < 4.78 is 1.74. The lowest BCUT2D eigenvalue weighted by Gasteiger charge is -2.16. The number of allylic oxidation sites excluding steroid dienone is 2. The fourth-order valence-electron chi connectivity index (χ4n) is 4.22. The summed E-state index contributed by atoms with van der Waals surface area (Å²) in [4.78, 5) is 30.6. The maximum absolute atomic E-state index is 13.2. The minimum absolute atomic E-state index is 0.0378. The molecule has 1 N–H and O–H groups in total. The molecule has 0 atom stereocenters. The summed E-state index contributed by atoms with van der Waals surface area (Å²) in [6, 6.07) is 13.4. The molecule has 166 valence electrons. The highest BCUT2D eigenvalue weighted by atomic mass is 32.2. The molecule has 4 rings (SSSR count). The van der Waals surface area contributed by atoms with Crippen molar-refractivity contribution in [2.45, 2.75) is 57.7 Å². The Bertz CT molecular complexity index is 1210. The van der Waals surface area contributed by atoms with Crippen LogP contribution in [0.15, 0.2) is 64.1 Å². The van der Waals surface area contributed by atoms with Gasteiger partial charge < -0.3 is 5.32 Å². The van der Waals surface area contributed by atoms with Gasteiger partial charge in [0.2, 0.25) is 5.91 Å². The molecule has 0 fully saturated rings. The van der Waals surface area contributed by atoms with Crippen LogP contribution in [-0.2, 0) is 11.3 Å². The Morgan fingerprint density at radius 1 is 1.12 bits per heavy atom. The van der Waals surface area contributed by atoms with Crippen molar-refractivity contribution in [1.82, 2.24) is 9.55 Å². The van der Waals surface area contributed by atoms with Crippen LogP contribution in [0.25, 0.3) is 10.9 Å². The molecular formula is C26H29N3O2S. The molecule has 0 saturated heterocycles. The maximum atomic E-state index is 13.2. The van der Waals surface area contributed by atoms with E-state index in [1.54, 1.807) is 4.57 Å². The Kier molecular flexibility index (Phi) is 7.10. The number of hydrogen-bond acceptors (Lipinski definition) is 4. The fourth-order valence-corrected chi connectivity index (χ4v) is 5.04. The topological polar surface area (TPSA) is 64.0 Å². The van der Waals surface area contributed by atoms with Gasteiger partial charge in [0.25, 0.3) is 5.56 Å². The van der Waals surface area contributed by atoms with E-state index in [0.29, 0.717) is 22.6 Å². The predicted molar refractivity (Wildman–Crippen MR) is 132 cm³/mol. The van der Waals surface area contributed by atoms with Crippen LogP contribution in [0.5, 0.6) is 0 Å². The summed E-state index contributed by atoms with van der Waals surface area (Å²) in [6.45, 7) is 4.61. The van der Waals surface area contributed by atoms with Crippen LogP contribution >= 0.6 is 11.8 Å². The van der Waals surface area contributed by atoms with E-state index in [0.717, 1.165) is 36.1 Å². The molecule has 1 aliphatic carbocycles. The number of thioether (sulfide) groups is 1. The summed E-state index contributed by atoms with van der Waals surface area (Å²) in [5, 5.41) is 4.18. The monoisotopic (exact) mass is 447 g/mol. The van der Waals surface area contributed by atoms with Crippen LogP contribution in [0.1, 0.15) is 43.2 Å². The molecule has 0 spiro atoms. The second-order valence-electron chi connectivity index (χ2n) is 8.44. The lowest BCUT2D eigenvalue weighted by Crippen LogP contribution is -2.24. The average molecular weight is 448 g/mol. The minimum Gasteiger partial charge on any atom is -0.325 e. The lowest BCUT2D eigenvalue weighted by molar-refractivity contribution is -0.113. The highest BCUT2D eigenvalue weighted by Gasteiger charge is 2.14. The molecule has 0 radical (unpaired) electrons. The Morgan fingerprint density at radius 2 is 1.91 bits per heavy atom. The van der Waals surface area contributed by atoms with Gasteiger partial charge in [-0.3, -0.25) is 14.2 Å². The van der Waals surface area contributed by atoms with Gasteiger partial charge in [0.05, 0.1) is 16.7 Å². The summed E-state index contributed by atoms with van der Waals surface area (Å²) in [7, 11) is 0. The second-order valence-corrected chi connectivity index (χ2v) is 9.38. The zero-order chi connectivity index (χ0) is 22.5. The number of carbonyl (C=O) groups is 1. The number of benzene rings is 2. The Labute approximate surface area is 192 Å². The normalized spacial score (nSPS) is 13.8. The van der Waals surface area contributed by atoms with Gasteiger partial charge in [-0.25, -0.2) is 4.98 Å². The van der Waals surface area contributed by atoms with Crippen LogP contribution in [0.4, 0.5) is 5.69 Å². The van der Waals surface area contributed by atoms with Crippen LogP contribution in [0.3, 0.4) is 0 Å². The van der Waals surface area contributed by atoms with E-state index in [2.05, 4.69) is 17.5 Å². The average Bonchev–Trinajstić information content (AvgIpc) is 2.77. The molecule has 0 saturated carbocycles. The molecule has 5 nitrogen and oxygen atoms in total. The molecule has 0 bridgehead atoms. The molecule has 1 heterocycles. The van der Waals surface area contributed by atoms with Gasteiger partial charge in [-0.1, -0.05) is 41.6 Å². The van der Waals surface area contributed by atoms with E-state index >= 15 is 0 Å². The van der Waals surface area contributed by atoms with E-state index in [4.69, 9.17) is 4.98 Å². The third-order valence-electron chi connectivity index (χ3n) is 5.71. The van der Waals surface area contributed by atoms with Crippen molar-refractivity contribution in [2.75, 3.05) is 11.1 Å². The SMILES string of the molecule is Cc1cc(C)cc(NC(=O)CSc2nc3ccccc3c(=O)n2CCC2=CCCCC2)c1. The first-order valence-electron chi connectivity index (χ1n) is 11.2. The third kappa shape index (κ3) is 5.49. The smallest absolute Gasteiger partial charge is 0.262 e. The minimum atomic E-state index is -0.107. The summed E-state index contributed by atoms with van der Waals surface area (Å²) in [5.41, 5.74) is 5.05. The molecular weight excluding hydrogens is 418 g/mol. The molecule has 1 aliphatic rings. The van der Waals surface area contributed by atoms with E-state index in [1.165, 1.54) is 30.2 Å². The zero-order valence-electron chi connectivity index (χ0n) is 18.7. The van der Waals surface area contributed by atoms with E-state index in [-0.39, 0.29) is 17.2 Å². The van der Waals surface area contributed by atoms with Crippen LogP contribution in [-0.4, -0.2) is 21.2 Å². The zero-order valence-corrected chi connectivity index (χ0v) is 19.5. The summed E-state index contributed by atoms with van der Waals surface area (Å²) in [5.74, 6) is 0.0874. The number of amides is 1. The molecule has 32 heavy (non-hydrogen) atoms. The largest absolute Gasteiger partial charge is 0.325 e. The van der Waals surface area contributed by atoms with Gasteiger partial charge in [-0.05, 0) is 81.3 Å². The number of rotatable bonds is 7. The number of nitrogens with one attached hydrogen (secondary N) is 1. The van der Waals surface area contributed by atoms with E-state index in [9.17, 15) is 9.59 Å². The van der Waals surface area contributed by atoms with E-state index in [1.807, 2.05) is 50.2 Å². The summed E-state index contributed by atoms with van der Waals surface area (Å²) >= 11 is 1.32. The number of nitrogens with zero attached hydrogens (tertiary/aromatic N) is 2. The molecule has 1 amide bonds. The molecule has 1 aromatic heterocycles. The van der Waals surface area contributed by atoms with Crippen molar-refractivity contribution in [1.29, 1.82) is 0 Å². The first-order valence-corrected chi connectivity index (χ1v) is 12.2. The highest BCUT2D eigenvalue weighted by Crippen LogP contribution is 2.23. The van der Waals surface area contributed by atoms with Gasteiger partial charge in [0.15, 0.2) is 5.16 Å². The standard InChI is InChI=1S/C26H29N3O2S/c1-18-14-19(2)16-21(15-18)27-24(30)17-32-26-28-23-11-7-6-10-22(23)25(31)29(26)13-12-20-8-4-3-5-9-20/h6-8,10-11,14-16H,3-5,9,12-13,17H2,1-2H3,(H,27,30). The fraction of sp³-hybridized carbons (Fsp3) is 0.346. The maximum Gasteiger partial charge on any atom is 0.262 e. The van der Waals surface area contributed by atoms with Crippen molar-refractivity contribution >= 4 is 34.3 Å². The quantitative estimate of drug-likeness (QED) is 0.289. The van der Waals surface area contributed by atoms with Crippen LogP contribution in [0, 0.1) is 13.8 Å². The van der Waals surface area contributed by atoms with Gasteiger partial charge >= 0.3 is 0 Å². The van der Waals surface area contributed by atoms with Crippen molar-refractivity contribution in [3.8, 4) is 0 Å². The highest BCUT2D eigenvalue weighted by molar-refractivity contribution is 7.99. The van der Waals surface area contributed by atoms with Crippen LogP contribution in [0.2, 0.25) is 0 Å². The van der Waals surface area contributed by atoms with Crippen molar-refractivity contribution < 1.29 is 4.79 Å². The first kappa shape index (κ1) is 22.3.